The molecule has 0 spiro atoms. The number of nitrogens with one attached hydrogen (secondary N) is 1. The van der Waals surface area contributed by atoms with Gasteiger partial charge in [-0.3, -0.25) is 4.98 Å². The van der Waals surface area contributed by atoms with Crippen LogP contribution in [0, 0.1) is 11.6 Å². The van der Waals surface area contributed by atoms with Crippen LogP contribution in [-0.4, -0.2) is 15.0 Å². The van der Waals surface area contributed by atoms with E-state index in [0.717, 1.165) is 16.8 Å². The average molecular weight is 281 g/mol. The number of benzene rings is 2. The van der Waals surface area contributed by atoms with Crippen LogP contribution in [-0.2, 0) is 0 Å². The molecule has 102 valence electrons. The molecule has 0 radical (unpaired) electrons. The molecule has 2 aromatic carbocycles. The summed E-state index contributed by atoms with van der Waals surface area (Å²) in [5.74, 6) is -0.903. The number of halogens is 2. The number of aromatic nitrogens is 3. The van der Waals surface area contributed by atoms with Gasteiger partial charge in [0.2, 0.25) is 0 Å². The summed E-state index contributed by atoms with van der Waals surface area (Å²) in [6, 6.07) is 11.6. The second-order valence-electron chi connectivity index (χ2n) is 4.75. The Labute approximate surface area is 118 Å². The first-order valence-corrected chi connectivity index (χ1v) is 6.41. The Morgan fingerprint density at radius 3 is 2.76 bits per heavy atom. The molecule has 0 saturated carbocycles. The number of hydrogen-bond donors (Lipinski definition) is 1. The highest BCUT2D eigenvalue weighted by Crippen LogP contribution is 2.27. The largest absolute Gasteiger partial charge is 0.336 e. The van der Waals surface area contributed by atoms with Gasteiger partial charge in [0.25, 0.3) is 0 Å². The van der Waals surface area contributed by atoms with Gasteiger partial charge in [-0.15, -0.1) is 0 Å². The van der Waals surface area contributed by atoms with E-state index in [1.165, 1.54) is 6.07 Å². The predicted molar refractivity (Wildman–Crippen MR) is 76.7 cm³/mol. The van der Waals surface area contributed by atoms with Gasteiger partial charge in [-0.1, -0.05) is 24.3 Å². The van der Waals surface area contributed by atoms with Crippen molar-refractivity contribution >= 4 is 21.8 Å². The lowest BCUT2D eigenvalue weighted by Crippen LogP contribution is -1.87. The van der Waals surface area contributed by atoms with Crippen LogP contribution in [0.3, 0.4) is 0 Å². The Kier molecular flexibility index (Phi) is 2.47. The van der Waals surface area contributed by atoms with E-state index < -0.39 is 11.6 Å². The fourth-order valence-corrected chi connectivity index (χ4v) is 2.46. The lowest BCUT2D eigenvalue weighted by Gasteiger charge is -2.01. The third-order valence-corrected chi connectivity index (χ3v) is 3.40. The first-order chi connectivity index (χ1) is 10.2. The zero-order valence-corrected chi connectivity index (χ0v) is 10.8. The van der Waals surface area contributed by atoms with E-state index >= 15 is 0 Å². The normalized spacial score (nSPS) is 11.3. The molecule has 0 unspecified atom stereocenters. The smallest absolute Gasteiger partial charge is 0.157 e. The van der Waals surface area contributed by atoms with Gasteiger partial charge in [0.1, 0.15) is 17.0 Å². The van der Waals surface area contributed by atoms with Crippen molar-refractivity contribution in [1.29, 1.82) is 0 Å². The second kappa shape index (κ2) is 4.34. The molecule has 0 fully saturated rings. The van der Waals surface area contributed by atoms with Crippen LogP contribution in [0.15, 0.2) is 48.7 Å². The molecule has 0 aliphatic rings. The highest BCUT2D eigenvalue weighted by Gasteiger charge is 2.13. The van der Waals surface area contributed by atoms with Crippen LogP contribution in [0.4, 0.5) is 8.78 Å². The van der Waals surface area contributed by atoms with Crippen molar-refractivity contribution in [2.75, 3.05) is 0 Å². The Morgan fingerprint density at radius 2 is 1.86 bits per heavy atom. The molecule has 4 rings (SSSR count). The number of imidazole rings is 1. The van der Waals surface area contributed by atoms with E-state index in [4.69, 9.17) is 0 Å². The molecule has 21 heavy (non-hydrogen) atoms. The van der Waals surface area contributed by atoms with Crippen molar-refractivity contribution < 1.29 is 8.78 Å². The number of H-pyrrole nitrogens is 1. The van der Waals surface area contributed by atoms with E-state index in [1.807, 2.05) is 30.3 Å². The lowest BCUT2D eigenvalue weighted by molar-refractivity contribution is 0.591. The number of rotatable bonds is 1. The van der Waals surface area contributed by atoms with Crippen LogP contribution in [0.25, 0.3) is 33.3 Å². The number of aromatic amines is 1. The number of nitrogens with zero attached hydrogens (tertiary/aromatic N) is 2. The molecule has 4 aromatic rings. The maximum Gasteiger partial charge on any atom is 0.157 e. The average Bonchev–Trinajstić information content (AvgIpc) is 2.90. The minimum absolute atomic E-state index is 0.112. The molecule has 2 heterocycles. The van der Waals surface area contributed by atoms with Gasteiger partial charge in [-0.25, -0.2) is 13.8 Å². The summed E-state index contributed by atoms with van der Waals surface area (Å²) in [5, 5.41) is 1.91. The molecular formula is C16H9F2N3. The fraction of sp³-hybridized carbons (Fsp3) is 0. The minimum atomic E-state index is -0.687. The first-order valence-electron chi connectivity index (χ1n) is 6.41. The Hall–Kier alpha value is -2.82. The van der Waals surface area contributed by atoms with Gasteiger partial charge < -0.3 is 4.98 Å². The van der Waals surface area contributed by atoms with Crippen molar-refractivity contribution in [2.45, 2.75) is 0 Å². The molecule has 0 aliphatic carbocycles. The molecule has 0 bridgehead atoms. The van der Waals surface area contributed by atoms with Gasteiger partial charge >= 0.3 is 0 Å². The van der Waals surface area contributed by atoms with Crippen molar-refractivity contribution in [1.82, 2.24) is 15.0 Å². The topological polar surface area (TPSA) is 41.6 Å². The predicted octanol–water partition coefficient (Wildman–Crippen LogP) is 4.06. The first kappa shape index (κ1) is 12.0. The standard InChI is InChI=1S/C16H9F2N3/c17-10-7-12(18)15-13(8-10)20-16(21-15)14-11-4-2-1-3-9(11)5-6-19-14/h1-8H,(H,20,21). The Morgan fingerprint density at radius 1 is 1.00 bits per heavy atom. The molecular weight excluding hydrogens is 272 g/mol. The SMILES string of the molecule is Fc1cc(F)c2nc(-c3nccc4ccccc34)[nH]c2c1. The summed E-state index contributed by atoms with van der Waals surface area (Å²) in [4.78, 5) is 11.5. The van der Waals surface area contributed by atoms with Crippen LogP contribution in [0.1, 0.15) is 0 Å². The fourth-order valence-electron chi connectivity index (χ4n) is 2.46. The van der Waals surface area contributed by atoms with Gasteiger partial charge in [-0.05, 0) is 17.5 Å². The van der Waals surface area contributed by atoms with Gasteiger partial charge in [-0.2, -0.15) is 0 Å². The van der Waals surface area contributed by atoms with Crippen molar-refractivity contribution in [3.05, 3.63) is 60.3 Å². The minimum Gasteiger partial charge on any atom is -0.336 e. The monoisotopic (exact) mass is 281 g/mol. The summed E-state index contributed by atoms with van der Waals surface area (Å²) >= 11 is 0. The highest BCUT2D eigenvalue weighted by atomic mass is 19.1. The summed E-state index contributed by atoms with van der Waals surface area (Å²) in [7, 11) is 0. The Bertz CT molecular complexity index is 971. The Balaban J connectivity index is 2.03. The van der Waals surface area contributed by atoms with Crippen LogP contribution in [0.2, 0.25) is 0 Å². The van der Waals surface area contributed by atoms with Crippen LogP contribution >= 0.6 is 0 Å². The summed E-state index contributed by atoms with van der Waals surface area (Å²) < 4.78 is 27.0. The molecule has 2 aromatic heterocycles. The zero-order chi connectivity index (χ0) is 14.4. The lowest BCUT2D eigenvalue weighted by atomic mass is 10.1. The summed E-state index contributed by atoms with van der Waals surface area (Å²) in [5.41, 5.74) is 1.04. The van der Waals surface area contributed by atoms with Gasteiger partial charge in [0, 0.05) is 17.6 Å². The zero-order valence-electron chi connectivity index (χ0n) is 10.8. The molecule has 0 amide bonds. The third-order valence-electron chi connectivity index (χ3n) is 3.40. The van der Waals surface area contributed by atoms with Crippen LogP contribution in [0.5, 0.6) is 0 Å². The highest BCUT2D eigenvalue weighted by molar-refractivity contribution is 5.94. The maximum absolute atomic E-state index is 13.7. The maximum atomic E-state index is 13.7. The van der Waals surface area contributed by atoms with E-state index in [2.05, 4.69) is 15.0 Å². The number of fused-ring (bicyclic) bond motifs is 2. The van der Waals surface area contributed by atoms with E-state index in [-0.39, 0.29) is 5.52 Å². The molecule has 0 atom stereocenters. The van der Waals surface area contributed by atoms with E-state index in [9.17, 15) is 8.78 Å². The van der Waals surface area contributed by atoms with Gasteiger partial charge in [0.05, 0.1) is 5.52 Å². The number of hydrogen-bond acceptors (Lipinski definition) is 2. The van der Waals surface area contributed by atoms with Crippen molar-refractivity contribution in [3.63, 3.8) is 0 Å². The number of pyridine rings is 1. The van der Waals surface area contributed by atoms with Crippen LogP contribution < -0.4 is 0 Å². The van der Waals surface area contributed by atoms with Gasteiger partial charge in [0.15, 0.2) is 11.6 Å². The van der Waals surface area contributed by atoms with Crippen molar-refractivity contribution in [2.24, 2.45) is 0 Å². The van der Waals surface area contributed by atoms with Crippen molar-refractivity contribution in [3.8, 4) is 11.5 Å². The molecule has 5 heteroatoms. The van der Waals surface area contributed by atoms with E-state index in [1.54, 1.807) is 6.20 Å². The molecule has 0 aliphatic heterocycles. The third kappa shape index (κ3) is 1.86. The quantitative estimate of drug-likeness (QED) is 0.571. The molecule has 1 N–H and O–H groups in total. The summed E-state index contributed by atoms with van der Waals surface area (Å²) in [6.07, 6.45) is 1.67. The summed E-state index contributed by atoms with van der Waals surface area (Å²) in [6.45, 7) is 0. The van der Waals surface area contributed by atoms with E-state index in [0.29, 0.717) is 17.0 Å². The molecule has 3 nitrogen and oxygen atoms in total. The second-order valence-corrected chi connectivity index (χ2v) is 4.75. The molecule has 0 saturated heterocycles.